The van der Waals surface area contributed by atoms with Crippen molar-refractivity contribution in [2.75, 3.05) is 19.8 Å². The Bertz CT molecular complexity index is 269. The first kappa shape index (κ1) is 17.6. The van der Waals surface area contributed by atoms with Gasteiger partial charge < -0.3 is 24.8 Å². The Labute approximate surface area is 121 Å². The van der Waals surface area contributed by atoms with Crippen LogP contribution in [0.3, 0.4) is 0 Å². The molecule has 5 heteroatoms. The molecule has 1 rings (SSSR count). The minimum absolute atomic E-state index is 0.0863. The van der Waals surface area contributed by atoms with E-state index in [1.54, 1.807) is 0 Å². The molecule has 0 radical (unpaired) electrons. The average molecular weight is 288 g/mol. The zero-order valence-corrected chi connectivity index (χ0v) is 12.3. The van der Waals surface area contributed by atoms with Gasteiger partial charge in [0.25, 0.3) is 0 Å². The van der Waals surface area contributed by atoms with Crippen LogP contribution in [-0.2, 0) is 9.47 Å². The van der Waals surface area contributed by atoms with E-state index in [0.29, 0.717) is 6.61 Å². The molecule has 4 atom stereocenters. The van der Waals surface area contributed by atoms with Crippen LogP contribution in [0.2, 0.25) is 0 Å². The number of rotatable bonds is 10. The molecule has 1 aliphatic heterocycles. The lowest BCUT2D eigenvalue weighted by molar-refractivity contribution is -0.0996. The van der Waals surface area contributed by atoms with Gasteiger partial charge in [0.1, 0.15) is 24.4 Å². The van der Waals surface area contributed by atoms with Crippen molar-refractivity contribution < 1.29 is 24.8 Å². The van der Waals surface area contributed by atoms with E-state index >= 15 is 0 Å². The van der Waals surface area contributed by atoms with E-state index in [1.165, 1.54) is 19.3 Å². The van der Waals surface area contributed by atoms with Crippen molar-refractivity contribution >= 4 is 0 Å². The fourth-order valence-corrected chi connectivity index (χ4v) is 2.24. The van der Waals surface area contributed by atoms with Gasteiger partial charge in [-0.25, -0.2) is 0 Å². The third-order valence-electron chi connectivity index (χ3n) is 3.49. The number of hydrogen-bond donors (Lipinski definition) is 3. The van der Waals surface area contributed by atoms with Crippen LogP contribution in [0.1, 0.15) is 39.0 Å². The van der Waals surface area contributed by atoms with Gasteiger partial charge in [0.15, 0.2) is 0 Å². The highest BCUT2D eigenvalue weighted by atomic mass is 16.6. The summed E-state index contributed by atoms with van der Waals surface area (Å²) in [7, 11) is 0. The zero-order chi connectivity index (χ0) is 14.8. The summed E-state index contributed by atoms with van der Waals surface area (Å²) in [5, 5.41) is 28.4. The van der Waals surface area contributed by atoms with Gasteiger partial charge in [-0.15, -0.1) is 0 Å². The molecule has 1 fully saturated rings. The number of aliphatic hydroxyl groups excluding tert-OH is 3. The van der Waals surface area contributed by atoms with Gasteiger partial charge >= 0.3 is 0 Å². The van der Waals surface area contributed by atoms with E-state index in [2.05, 4.69) is 19.1 Å². The van der Waals surface area contributed by atoms with Crippen LogP contribution in [0.4, 0.5) is 0 Å². The molecule has 0 aromatic heterocycles. The van der Waals surface area contributed by atoms with E-state index in [1.807, 2.05) is 0 Å². The monoisotopic (exact) mass is 288 g/mol. The normalized spacial score (nSPS) is 28.3. The van der Waals surface area contributed by atoms with E-state index in [0.717, 1.165) is 12.8 Å². The lowest BCUT2D eigenvalue weighted by Crippen LogP contribution is -2.42. The molecule has 118 valence electrons. The molecule has 3 N–H and O–H groups in total. The molecular weight excluding hydrogens is 260 g/mol. The molecule has 0 amide bonds. The SMILES string of the molecule is CCCCC/C=C/CCO[C@@H](CO)[C@@H]1OC[C@@H](O)[C@@H]1O. The minimum Gasteiger partial charge on any atom is -0.394 e. The quantitative estimate of drug-likeness (QED) is 0.413. The van der Waals surface area contributed by atoms with Gasteiger partial charge in [-0.05, 0) is 19.3 Å². The van der Waals surface area contributed by atoms with Crippen molar-refractivity contribution in [3.05, 3.63) is 12.2 Å². The Morgan fingerprint density at radius 3 is 2.60 bits per heavy atom. The summed E-state index contributed by atoms with van der Waals surface area (Å²) < 4.78 is 10.8. The number of allylic oxidation sites excluding steroid dienone is 1. The van der Waals surface area contributed by atoms with Crippen LogP contribution >= 0.6 is 0 Å². The van der Waals surface area contributed by atoms with Crippen molar-refractivity contribution in [2.24, 2.45) is 0 Å². The molecular formula is C15H28O5. The van der Waals surface area contributed by atoms with E-state index in [-0.39, 0.29) is 13.2 Å². The second kappa shape index (κ2) is 10.3. The summed E-state index contributed by atoms with van der Waals surface area (Å²) in [6.45, 7) is 2.51. The maximum Gasteiger partial charge on any atom is 0.114 e. The number of ether oxygens (including phenoxy) is 2. The Morgan fingerprint density at radius 2 is 2.00 bits per heavy atom. The van der Waals surface area contributed by atoms with Crippen molar-refractivity contribution in [2.45, 2.75) is 63.4 Å². The Balaban J connectivity index is 2.15. The Kier molecular flexibility index (Phi) is 9.05. The summed E-state index contributed by atoms with van der Waals surface area (Å²) in [6.07, 6.45) is 6.67. The van der Waals surface area contributed by atoms with Crippen molar-refractivity contribution in [3.63, 3.8) is 0 Å². The fourth-order valence-electron chi connectivity index (χ4n) is 2.24. The lowest BCUT2D eigenvalue weighted by Gasteiger charge is -2.24. The zero-order valence-electron chi connectivity index (χ0n) is 12.3. The topological polar surface area (TPSA) is 79.2 Å². The summed E-state index contributed by atoms with van der Waals surface area (Å²) >= 11 is 0. The first-order valence-electron chi connectivity index (χ1n) is 7.55. The summed E-state index contributed by atoms with van der Waals surface area (Å²) in [5.41, 5.74) is 0. The van der Waals surface area contributed by atoms with E-state index in [4.69, 9.17) is 9.47 Å². The smallest absolute Gasteiger partial charge is 0.114 e. The van der Waals surface area contributed by atoms with Gasteiger partial charge in [-0.2, -0.15) is 0 Å². The van der Waals surface area contributed by atoms with Crippen LogP contribution < -0.4 is 0 Å². The van der Waals surface area contributed by atoms with Crippen LogP contribution in [0, 0.1) is 0 Å². The first-order chi connectivity index (χ1) is 9.70. The molecule has 0 unspecified atom stereocenters. The minimum atomic E-state index is -0.989. The van der Waals surface area contributed by atoms with Gasteiger partial charge in [-0.1, -0.05) is 31.9 Å². The number of unbranched alkanes of at least 4 members (excludes halogenated alkanes) is 3. The molecule has 20 heavy (non-hydrogen) atoms. The van der Waals surface area contributed by atoms with Gasteiger partial charge in [0.2, 0.25) is 0 Å². The standard InChI is InChI=1S/C15H28O5/c1-2-3-4-5-6-7-8-9-19-13(10-16)15-14(18)12(17)11-20-15/h6-7,12-18H,2-5,8-11H2,1H3/b7-6+/t12-,13+,14+,15+/m1/s1. The maximum absolute atomic E-state index is 9.70. The lowest BCUT2D eigenvalue weighted by atomic mass is 10.1. The molecule has 1 saturated heterocycles. The molecule has 1 heterocycles. The molecule has 0 spiro atoms. The molecule has 0 aliphatic carbocycles. The van der Waals surface area contributed by atoms with Crippen molar-refractivity contribution in [1.29, 1.82) is 0 Å². The van der Waals surface area contributed by atoms with Gasteiger partial charge in [0.05, 0.1) is 19.8 Å². The molecule has 0 saturated carbocycles. The highest BCUT2D eigenvalue weighted by Crippen LogP contribution is 2.19. The van der Waals surface area contributed by atoms with Crippen LogP contribution in [0.25, 0.3) is 0 Å². The summed E-state index contributed by atoms with van der Waals surface area (Å²) in [6, 6.07) is 0. The fraction of sp³-hybridized carbons (Fsp3) is 0.867. The number of hydrogen-bond acceptors (Lipinski definition) is 5. The van der Waals surface area contributed by atoms with Gasteiger partial charge in [0, 0.05) is 0 Å². The van der Waals surface area contributed by atoms with Crippen LogP contribution in [0.15, 0.2) is 12.2 Å². The van der Waals surface area contributed by atoms with Gasteiger partial charge in [-0.3, -0.25) is 0 Å². The average Bonchev–Trinajstić information content (AvgIpc) is 2.78. The summed E-state index contributed by atoms with van der Waals surface area (Å²) in [4.78, 5) is 0. The second-order valence-electron chi connectivity index (χ2n) is 5.20. The molecule has 5 nitrogen and oxygen atoms in total. The van der Waals surface area contributed by atoms with E-state index < -0.39 is 24.4 Å². The van der Waals surface area contributed by atoms with Crippen molar-refractivity contribution in [3.8, 4) is 0 Å². The highest BCUT2D eigenvalue weighted by molar-refractivity contribution is 4.89. The predicted molar refractivity (Wildman–Crippen MR) is 76.5 cm³/mol. The molecule has 0 aromatic rings. The second-order valence-corrected chi connectivity index (χ2v) is 5.20. The molecule has 0 aromatic carbocycles. The molecule has 1 aliphatic rings. The van der Waals surface area contributed by atoms with Crippen LogP contribution in [0.5, 0.6) is 0 Å². The Morgan fingerprint density at radius 1 is 1.25 bits per heavy atom. The van der Waals surface area contributed by atoms with Crippen molar-refractivity contribution in [1.82, 2.24) is 0 Å². The third kappa shape index (κ3) is 5.89. The van der Waals surface area contributed by atoms with Crippen LogP contribution in [-0.4, -0.2) is 59.6 Å². The largest absolute Gasteiger partial charge is 0.394 e. The predicted octanol–water partition coefficient (Wildman–Crippen LogP) is 1.01. The number of aliphatic hydroxyl groups is 3. The Hall–Kier alpha value is -0.460. The highest BCUT2D eigenvalue weighted by Gasteiger charge is 2.40. The van der Waals surface area contributed by atoms with E-state index in [9.17, 15) is 15.3 Å². The third-order valence-corrected chi connectivity index (χ3v) is 3.49. The summed E-state index contributed by atoms with van der Waals surface area (Å²) in [5.74, 6) is 0. The maximum atomic E-state index is 9.70. The first-order valence-corrected chi connectivity index (χ1v) is 7.55. The molecule has 0 bridgehead atoms.